The number of hydrogen-bond acceptors (Lipinski definition) is 2. The summed E-state index contributed by atoms with van der Waals surface area (Å²) in [5.41, 5.74) is 2.51. The number of para-hydroxylation sites is 1. The number of nitrogens with zero attached hydrogens (tertiary/aromatic N) is 1. The highest BCUT2D eigenvalue weighted by atomic mass is 79.9. The van der Waals surface area contributed by atoms with Crippen LogP contribution in [0.5, 0.6) is 0 Å². The Balaban J connectivity index is 2.46. The van der Waals surface area contributed by atoms with E-state index in [1.165, 1.54) is 0 Å². The number of rotatable bonds is 3. The first-order chi connectivity index (χ1) is 8.08. The molecule has 3 heteroatoms. The number of fused-ring (bicyclic) bond motifs is 1. The van der Waals surface area contributed by atoms with Crippen LogP contribution in [0.2, 0.25) is 0 Å². The molecule has 0 aliphatic heterocycles. The van der Waals surface area contributed by atoms with Gasteiger partial charge in [-0.3, -0.25) is 0 Å². The summed E-state index contributed by atoms with van der Waals surface area (Å²) in [5.74, 6) is 0. The molecule has 88 valence electrons. The van der Waals surface area contributed by atoms with Gasteiger partial charge in [0, 0.05) is 9.86 Å². The Morgan fingerprint density at radius 3 is 2.88 bits per heavy atom. The third kappa shape index (κ3) is 2.73. The first-order valence-electron chi connectivity index (χ1n) is 5.45. The van der Waals surface area contributed by atoms with E-state index < -0.39 is 6.10 Å². The van der Waals surface area contributed by atoms with Crippen LogP contribution in [0.25, 0.3) is 10.9 Å². The van der Waals surface area contributed by atoms with Crippen LogP contribution in [0.4, 0.5) is 0 Å². The van der Waals surface area contributed by atoms with Crippen molar-refractivity contribution in [1.82, 2.24) is 4.98 Å². The molecule has 1 atom stereocenters. The molecule has 2 aromatic rings. The largest absolute Gasteiger partial charge is 0.386 e. The molecule has 0 radical (unpaired) electrons. The summed E-state index contributed by atoms with van der Waals surface area (Å²) in [6.45, 7) is 5.71. The van der Waals surface area contributed by atoms with Crippen molar-refractivity contribution in [2.75, 3.05) is 0 Å². The first-order valence-corrected chi connectivity index (χ1v) is 6.25. The molecular weight excluding hydrogens is 278 g/mol. The number of aromatic nitrogens is 1. The predicted molar refractivity (Wildman–Crippen MR) is 73.8 cm³/mol. The molecule has 0 fully saturated rings. The zero-order chi connectivity index (χ0) is 12.4. The maximum Gasteiger partial charge on any atom is 0.101 e. The van der Waals surface area contributed by atoms with Crippen molar-refractivity contribution >= 4 is 26.8 Å². The van der Waals surface area contributed by atoms with E-state index in [0.29, 0.717) is 12.1 Å². The van der Waals surface area contributed by atoms with Gasteiger partial charge in [0.1, 0.15) is 6.10 Å². The maximum atomic E-state index is 10.1. The second-order valence-electron chi connectivity index (χ2n) is 4.23. The van der Waals surface area contributed by atoms with Gasteiger partial charge in [-0.1, -0.05) is 23.8 Å². The van der Waals surface area contributed by atoms with E-state index in [-0.39, 0.29) is 0 Å². The number of benzene rings is 1. The summed E-state index contributed by atoms with van der Waals surface area (Å²) in [4.78, 5) is 4.49. The number of pyridine rings is 1. The normalized spacial score (nSPS) is 12.6. The Morgan fingerprint density at radius 1 is 1.47 bits per heavy atom. The van der Waals surface area contributed by atoms with Crippen LogP contribution in [0.3, 0.4) is 0 Å². The molecule has 2 nitrogen and oxygen atoms in total. The van der Waals surface area contributed by atoms with Crippen molar-refractivity contribution in [2.24, 2.45) is 0 Å². The average Bonchev–Trinajstić information content (AvgIpc) is 2.27. The highest BCUT2D eigenvalue weighted by molar-refractivity contribution is 9.10. The molecule has 0 saturated carbocycles. The molecule has 0 saturated heterocycles. The second-order valence-corrected chi connectivity index (χ2v) is 5.08. The van der Waals surface area contributed by atoms with Crippen LogP contribution in [0.1, 0.15) is 25.1 Å². The smallest absolute Gasteiger partial charge is 0.101 e. The van der Waals surface area contributed by atoms with E-state index in [0.717, 1.165) is 20.9 Å². The van der Waals surface area contributed by atoms with Crippen LogP contribution in [0, 0.1) is 0 Å². The molecule has 2 rings (SSSR count). The lowest BCUT2D eigenvalue weighted by Gasteiger charge is -2.12. The molecule has 0 aliphatic carbocycles. The van der Waals surface area contributed by atoms with Crippen LogP contribution >= 0.6 is 15.9 Å². The minimum Gasteiger partial charge on any atom is -0.386 e. The van der Waals surface area contributed by atoms with Crippen molar-refractivity contribution in [2.45, 2.75) is 19.4 Å². The molecule has 0 aliphatic rings. The summed E-state index contributed by atoms with van der Waals surface area (Å²) >= 11 is 3.46. The van der Waals surface area contributed by atoms with Gasteiger partial charge in [0.2, 0.25) is 0 Å². The third-order valence-electron chi connectivity index (χ3n) is 2.56. The number of aliphatic hydroxyl groups is 1. The monoisotopic (exact) mass is 291 g/mol. The summed E-state index contributed by atoms with van der Waals surface area (Å²) in [7, 11) is 0. The van der Waals surface area contributed by atoms with Gasteiger partial charge in [-0.05, 0) is 41.4 Å². The van der Waals surface area contributed by atoms with E-state index in [2.05, 4.69) is 27.5 Å². The van der Waals surface area contributed by atoms with Gasteiger partial charge in [-0.15, -0.1) is 6.58 Å². The summed E-state index contributed by atoms with van der Waals surface area (Å²) in [6.07, 6.45) is -0.0734. The number of hydrogen-bond donors (Lipinski definition) is 1. The molecule has 0 bridgehead atoms. The molecule has 1 aromatic heterocycles. The molecule has 1 heterocycles. The fraction of sp³-hybridized carbons (Fsp3) is 0.214. The predicted octanol–water partition coefficient (Wildman–Crippen LogP) is 4.00. The van der Waals surface area contributed by atoms with Gasteiger partial charge in [-0.25, -0.2) is 4.98 Å². The van der Waals surface area contributed by atoms with Gasteiger partial charge in [0.05, 0.1) is 11.2 Å². The summed E-state index contributed by atoms with van der Waals surface area (Å²) in [5, 5.41) is 11.1. The zero-order valence-corrected chi connectivity index (χ0v) is 11.2. The minimum atomic E-state index is -0.605. The molecule has 1 aromatic carbocycles. The standard InChI is InChI=1S/C14H14BrNO/c1-9(2)7-13(17)14-11(15)8-10-5-3-4-6-12(10)16-14/h3-6,8,13,17H,1,7H2,2H3. The maximum absolute atomic E-state index is 10.1. The van der Waals surface area contributed by atoms with Crippen LogP contribution in [-0.2, 0) is 0 Å². The van der Waals surface area contributed by atoms with E-state index in [1.54, 1.807) is 0 Å². The van der Waals surface area contributed by atoms with Gasteiger partial charge in [-0.2, -0.15) is 0 Å². The van der Waals surface area contributed by atoms with Gasteiger partial charge in [0.15, 0.2) is 0 Å². The van der Waals surface area contributed by atoms with Crippen molar-refractivity contribution in [3.8, 4) is 0 Å². The van der Waals surface area contributed by atoms with Crippen LogP contribution < -0.4 is 0 Å². The first kappa shape index (κ1) is 12.3. The quantitative estimate of drug-likeness (QED) is 0.867. The van der Waals surface area contributed by atoms with Crippen molar-refractivity contribution < 1.29 is 5.11 Å². The van der Waals surface area contributed by atoms with Crippen LogP contribution in [0.15, 0.2) is 47.0 Å². The molecule has 17 heavy (non-hydrogen) atoms. The Hall–Kier alpha value is -1.19. The van der Waals surface area contributed by atoms with Crippen molar-refractivity contribution in [3.05, 3.63) is 52.7 Å². The Morgan fingerprint density at radius 2 is 2.18 bits per heavy atom. The lowest BCUT2D eigenvalue weighted by molar-refractivity contribution is 0.173. The number of halogens is 1. The topological polar surface area (TPSA) is 33.1 Å². The average molecular weight is 292 g/mol. The van der Waals surface area contributed by atoms with Crippen molar-refractivity contribution in [1.29, 1.82) is 0 Å². The van der Waals surface area contributed by atoms with E-state index in [1.807, 2.05) is 37.3 Å². The Kier molecular flexibility index (Phi) is 3.60. The molecule has 0 spiro atoms. The lowest BCUT2D eigenvalue weighted by atomic mass is 10.1. The van der Waals surface area contributed by atoms with Crippen molar-refractivity contribution in [3.63, 3.8) is 0 Å². The highest BCUT2D eigenvalue weighted by Gasteiger charge is 2.14. The molecule has 1 unspecified atom stereocenters. The molecule has 0 amide bonds. The minimum absolute atomic E-state index is 0.532. The van der Waals surface area contributed by atoms with E-state index in [4.69, 9.17) is 0 Å². The fourth-order valence-corrected chi connectivity index (χ4v) is 2.36. The van der Waals surface area contributed by atoms with Gasteiger partial charge in [0.25, 0.3) is 0 Å². The molecular formula is C14H14BrNO. The Labute approximate surface area is 109 Å². The highest BCUT2D eigenvalue weighted by Crippen LogP contribution is 2.28. The zero-order valence-electron chi connectivity index (χ0n) is 9.65. The third-order valence-corrected chi connectivity index (χ3v) is 3.20. The van der Waals surface area contributed by atoms with E-state index in [9.17, 15) is 5.11 Å². The molecule has 1 N–H and O–H groups in total. The Bertz CT molecular complexity index is 565. The van der Waals surface area contributed by atoms with E-state index >= 15 is 0 Å². The summed E-state index contributed by atoms with van der Waals surface area (Å²) < 4.78 is 0.838. The second kappa shape index (κ2) is 4.98. The van der Waals surface area contributed by atoms with Crippen LogP contribution in [-0.4, -0.2) is 10.1 Å². The fourth-order valence-electron chi connectivity index (χ4n) is 1.77. The van der Waals surface area contributed by atoms with Gasteiger partial charge >= 0.3 is 0 Å². The SMILES string of the molecule is C=C(C)CC(O)c1nc2ccccc2cc1Br. The van der Waals surface area contributed by atoms with Gasteiger partial charge < -0.3 is 5.11 Å². The number of aliphatic hydroxyl groups excluding tert-OH is 1. The summed E-state index contributed by atoms with van der Waals surface area (Å²) in [6, 6.07) is 9.85. The lowest BCUT2D eigenvalue weighted by Crippen LogP contribution is -2.02.